The molecule has 0 radical (unpaired) electrons. The van der Waals surface area contributed by atoms with Crippen molar-refractivity contribution in [3.63, 3.8) is 0 Å². The van der Waals surface area contributed by atoms with Gasteiger partial charge in [-0.25, -0.2) is 4.79 Å². The van der Waals surface area contributed by atoms with Crippen molar-refractivity contribution in [2.45, 2.75) is 70.7 Å². The minimum atomic E-state index is -0.708. The third-order valence-corrected chi connectivity index (χ3v) is 14.0. The minimum absolute atomic E-state index is 0.00849. The number of fused-ring (bicyclic) bond motifs is 5. The van der Waals surface area contributed by atoms with Crippen molar-refractivity contribution < 1.29 is 62.0 Å². The van der Waals surface area contributed by atoms with Crippen LogP contribution in [0.3, 0.4) is 0 Å². The summed E-state index contributed by atoms with van der Waals surface area (Å²) in [6.07, 6.45) is 1.66. The van der Waals surface area contributed by atoms with Gasteiger partial charge in [0.05, 0.1) is 75.8 Å². The molecule has 77 heavy (non-hydrogen) atoms. The number of benzene rings is 5. The van der Waals surface area contributed by atoms with Crippen molar-refractivity contribution in [1.82, 2.24) is 5.06 Å². The van der Waals surface area contributed by atoms with Crippen molar-refractivity contribution in [2.24, 2.45) is 4.99 Å². The largest absolute Gasteiger partial charge is 0.493 e. The zero-order chi connectivity index (χ0) is 54.0. The maximum Gasteiger partial charge on any atom is 0.333 e. The summed E-state index contributed by atoms with van der Waals surface area (Å²) in [7, 11) is 4.65. The molecule has 404 valence electrons. The van der Waals surface area contributed by atoms with Gasteiger partial charge in [0, 0.05) is 81.2 Å². The number of hydrogen-bond acceptors (Lipinski definition) is 16. The molecule has 0 unspecified atom stereocenters. The van der Waals surface area contributed by atoms with Crippen molar-refractivity contribution in [3.8, 4) is 23.0 Å². The van der Waals surface area contributed by atoms with Gasteiger partial charge in [-0.2, -0.15) is 0 Å². The average Bonchev–Trinajstić information content (AvgIpc) is 4.07. The fourth-order valence-electron chi connectivity index (χ4n) is 10.2. The Labute approximate surface area is 447 Å². The molecule has 0 bridgehead atoms. The summed E-state index contributed by atoms with van der Waals surface area (Å²) in [5, 5.41) is 4.05. The number of carbonyl (C=O) groups is 5. The van der Waals surface area contributed by atoms with Crippen LogP contribution < -0.4 is 39.0 Å². The van der Waals surface area contributed by atoms with Crippen LogP contribution in [0.1, 0.15) is 75.6 Å². The Morgan fingerprint density at radius 2 is 1.36 bits per heavy atom. The topological polar surface area (TPSA) is 197 Å². The van der Waals surface area contributed by atoms with Crippen LogP contribution in [0.25, 0.3) is 0 Å². The van der Waals surface area contributed by atoms with Gasteiger partial charge in [0.15, 0.2) is 23.0 Å². The molecule has 2 atom stereocenters. The third kappa shape index (κ3) is 12.2. The van der Waals surface area contributed by atoms with E-state index in [1.807, 2.05) is 72.5 Å². The van der Waals surface area contributed by atoms with Gasteiger partial charge in [-0.1, -0.05) is 36.4 Å². The number of carbonyl (C=O) groups excluding carboxylic acids is 5. The molecule has 4 aliphatic heterocycles. The molecule has 0 aliphatic carbocycles. The summed E-state index contributed by atoms with van der Waals surface area (Å²) in [5.41, 5.74) is 7.91. The lowest BCUT2D eigenvalue weighted by molar-refractivity contribution is -0.197. The standard InChI is InChI=1S/C58H64N6O13/c1-37-25-40-11-6-8-13-48(40)62(37)57(68)44-30-50(71-4)52(32-46(44)59-2)75-35-38-26-39(36-76-53-33-47-45(31-51(53)72-5)58(69)63-43(34-60-47)29-41-12-7-9-14-49(41)63)28-42(27-38)61(19-20-73-23-24-74-22-21-70-3)18-10-15-56(67)77-64-54(65)16-17-55(64)66/h6-9,11-14,26-28,30-33,37,43,60H,2,10,15-25,29,34-36H2,1,3-5H3/t37-,43+/m1/s1. The molecule has 5 aromatic carbocycles. The zero-order valence-electron chi connectivity index (χ0n) is 43.9. The highest BCUT2D eigenvalue weighted by Crippen LogP contribution is 2.42. The lowest BCUT2D eigenvalue weighted by atomic mass is 10.1. The van der Waals surface area contributed by atoms with E-state index in [9.17, 15) is 24.0 Å². The highest BCUT2D eigenvalue weighted by molar-refractivity contribution is 6.13. The quantitative estimate of drug-likeness (QED) is 0.0340. The van der Waals surface area contributed by atoms with Crippen LogP contribution in [0.2, 0.25) is 0 Å². The summed E-state index contributed by atoms with van der Waals surface area (Å²) in [4.78, 5) is 81.0. The van der Waals surface area contributed by atoms with Crippen molar-refractivity contribution in [1.29, 1.82) is 0 Å². The van der Waals surface area contributed by atoms with Crippen LogP contribution >= 0.6 is 0 Å². The first-order chi connectivity index (χ1) is 37.5. The molecule has 5 aromatic rings. The number of hydroxylamine groups is 2. The van der Waals surface area contributed by atoms with E-state index in [1.54, 1.807) is 36.3 Å². The van der Waals surface area contributed by atoms with Crippen LogP contribution in [0.15, 0.2) is 96.0 Å². The van der Waals surface area contributed by atoms with Gasteiger partial charge in [-0.3, -0.25) is 24.2 Å². The lowest BCUT2D eigenvalue weighted by Gasteiger charge is -2.26. The number of imide groups is 1. The summed E-state index contributed by atoms with van der Waals surface area (Å²) in [6.45, 7) is 9.06. The molecule has 0 aromatic heterocycles. The maximum absolute atomic E-state index is 14.3. The molecule has 1 N–H and O–H groups in total. The van der Waals surface area contributed by atoms with E-state index in [2.05, 4.69) is 28.0 Å². The molecule has 1 saturated heterocycles. The molecular formula is C58H64N6O13. The van der Waals surface area contributed by atoms with Crippen molar-refractivity contribution in [2.75, 3.05) is 94.0 Å². The molecule has 19 heteroatoms. The lowest BCUT2D eigenvalue weighted by Crippen LogP contribution is -2.39. The smallest absolute Gasteiger partial charge is 0.333 e. The van der Waals surface area contributed by atoms with Gasteiger partial charge in [0.2, 0.25) is 0 Å². The predicted molar refractivity (Wildman–Crippen MR) is 288 cm³/mol. The van der Waals surface area contributed by atoms with Gasteiger partial charge in [-0.15, -0.1) is 5.06 Å². The van der Waals surface area contributed by atoms with Crippen LogP contribution in [0.4, 0.5) is 28.4 Å². The van der Waals surface area contributed by atoms with Crippen LogP contribution in [0, 0.1) is 0 Å². The van der Waals surface area contributed by atoms with Gasteiger partial charge >= 0.3 is 5.97 Å². The number of anilines is 4. The van der Waals surface area contributed by atoms with E-state index in [-0.39, 0.29) is 56.4 Å². The van der Waals surface area contributed by atoms with Crippen LogP contribution in [-0.2, 0) is 59.5 Å². The Hall–Kier alpha value is -8.00. The molecule has 4 amide bonds. The van der Waals surface area contributed by atoms with E-state index in [0.717, 1.165) is 52.2 Å². The Balaban J connectivity index is 0.993. The Morgan fingerprint density at radius 3 is 2.05 bits per heavy atom. The number of amides is 4. The molecule has 4 aliphatic rings. The number of para-hydroxylation sites is 2. The zero-order valence-corrected chi connectivity index (χ0v) is 43.9. The van der Waals surface area contributed by atoms with Crippen LogP contribution in [-0.4, -0.2) is 127 Å². The molecule has 4 heterocycles. The molecule has 19 nitrogen and oxygen atoms in total. The van der Waals surface area contributed by atoms with Crippen molar-refractivity contribution in [3.05, 3.63) is 124 Å². The first kappa shape index (κ1) is 53.8. The summed E-state index contributed by atoms with van der Waals surface area (Å²) >= 11 is 0. The second-order valence-corrected chi connectivity index (χ2v) is 19.1. The normalized spacial score (nSPS) is 16.3. The second kappa shape index (κ2) is 24.8. The van der Waals surface area contributed by atoms with Gasteiger partial charge < -0.3 is 58.0 Å². The molecule has 0 saturated carbocycles. The molecule has 0 spiro atoms. The SMILES string of the molecule is C=Nc1cc(OCc2cc(COc3cc4c(cc3OC)C(=O)N3c5ccccc5C[C@H]3CN4)cc(N(CCCC(=O)ON3C(=O)CCC3=O)CCOCCOCCOC)c2)c(OC)cc1C(=O)N1c2ccccc2C[C@H]1C. The number of nitrogens with one attached hydrogen (secondary N) is 1. The monoisotopic (exact) mass is 1050 g/mol. The number of nitrogens with zero attached hydrogens (tertiary/aromatic N) is 5. The number of hydrogen-bond donors (Lipinski definition) is 1. The Kier molecular flexibility index (Phi) is 17.3. The number of rotatable bonds is 25. The van der Waals surface area contributed by atoms with E-state index < -0.39 is 17.8 Å². The molecule has 9 rings (SSSR count). The maximum atomic E-state index is 14.3. The first-order valence-electron chi connectivity index (χ1n) is 25.8. The summed E-state index contributed by atoms with van der Waals surface area (Å²) < 4.78 is 41.5. The third-order valence-electron chi connectivity index (χ3n) is 14.0. The fourth-order valence-corrected chi connectivity index (χ4v) is 10.2. The molecule has 1 fully saturated rings. The van der Waals surface area contributed by atoms with Crippen molar-refractivity contribution >= 4 is 64.8 Å². The number of methoxy groups -OCH3 is 3. The summed E-state index contributed by atoms with van der Waals surface area (Å²) in [6, 6.07) is 28.4. The van der Waals surface area contributed by atoms with Crippen LogP contribution in [0.5, 0.6) is 23.0 Å². The van der Waals surface area contributed by atoms with E-state index in [1.165, 1.54) is 14.2 Å². The number of ether oxygens (including phenoxy) is 7. The Morgan fingerprint density at radius 1 is 0.727 bits per heavy atom. The highest BCUT2D eigenvalue weighted by atomic mass is 16.7. The highest BCUT2D eigenvalue weighted by Gasteiger charge is 2.38. The predicted octanol–water partition coefficient (Wildman–Crippen LogP) is 7.66. The number of aliphatic imine (C=N–C) groups is 1. The first-order valence-corrected chi connectivity index (χ1v) is 25.8. The van der Waals surface area contributed by atoms with Gasteiger partial charge in [0.1, 0.15) is 13.2 Å². The van der Waals surface area contributed by atoms with E-state index in [0.29, 0.717) is 110 Å². The fraction of sp³-hybridized carbons (Fsp3) is 0.379. The second-order valence-electron chi connectivity index (χ2n) is 19.1. The molecular weight excluding hydrogens is 989 g/mol. The van der Waals surface area contributed by atoms with Gasteiger partial charge in [0.25, 0.3) is 23.6 Å². The van der Waals surface area contributed by atoms with E-state index >= 15 is 0 Å². The van der Waals surface area contributed by atoms with E-state index in [4.69, 9.17) is 38.0 Å². The average molecular weight is 1050 g/mol. The Bertz CT molecular complexity index is 3000. The summed E-state index contributed by atoms with van der Waals surface area (Å²) in [5.74, 6) is -0.731. The van der Waals surface area contributed by atoms with Gasteiger partial charge in [-0.05, 0) is 97.6 Å². The minimum Gasteiger partial charge on any atom is -0.493 e.